The highest BCUT2D eigenvalue weighted by Crippen LogP contribution is 2.26. The number of rotatable bonds is 8. The Kier molecular flexibility index (Phi) is 6.99. The molecule has 1 aliphatic rings. The number of carbonyl (C=O) groups is 2. The normalized spacial score (nSPS) is 22.0. The van der Waals surface area contributed by atoms with Gasteiger partial charge in [0.25, 0.3) is 0 Å². The van der Waals surface area contributed by atoms with Crippen LogP contribution in [0.4, 0.5) is 4.79 Å². The molecule has 2 atom stereocenters. The summed E-state index contributed by atoms with van der Waals surface area (Å²) in [6.45, 7) is 7.17. The predicted molar refractivity (Wildman–Crippen MR) is 83.2 cm³/mol. The molecule has 2 amide bonds. The summed E-state index contributed by atoms with van der Waals surface area (Å²) < 4.78 is 0. The summed E-state index contributed by atoms with van der Waals surface area (Å²) >= 11 is 0. The van der Waals surface area contributed by atoms with Gasteiger partial charge in [0.1, 0.15) is 0 Å². The van der Waals surface area contributed by atoms with Crippen molar-refractivity contribution in [2.24, 2.45) is 11.3 Å². The average Bonchev–Trinajstić information content (AvgIpc) is 2.85. The minimum atomic E-state index is -0.753. The molecule has 0 aromatic heterocycles. The smallest absolute Gasteiger partial charge is 0.315 e. The van der Waals surface area contributed by atoms with Gasteiger partial charge in [-0.15, -0.1) is 0 Å². The summed E-state index contributed by atoms with van der Waals surface area (Å²) in [7, 11) is 0. The van der Waals surface area contributed by atoms with Gasteiger partial charge in [-0.1, -0.05) is 40.0 Å². The summed E-state index contributed by atoms with van der Waals surface area (Å²) in [5.41, 5.74) is 0.103. The van der Waals surface area contributed by atoms with Crippen LogP contribution in [0.5, 0.6) is 0 Å². The molecule has 1 aliphatic carbocycles. The minimum Gasteiger partial charge on any atom is -0.481 e. The molecule has 1 rings (SSSR count). The van der Waals surface area contributed by atoms with Crippen LogP contribution in [0.15, 0.2) is 0 Å². The van der Waals surface area contributed by atoms with E-state index in [1.807, 2.05) is 0 Å². The zero-order valence-corrected chi connectivity index (χ0v) is 13.6. The molecular formula is C16H30N2O3. The molecule has 0 heterocycles. The van der Waals surface area contributed by atoms with Crippen LogP contribution in [-0.4, -0.2) is 29.7 Å². The van der Waals surface area contributed by atoms with Crippen LogP contribution in [0, 0.1) is 11.3 Å². The number of unbranched alkanes of at least 4 members (excludes halogenated alkanes) is 2. The Morgan fingerprint density at radius 3 is 2.52 bits per heavy atom. The van der Waals surface area contributed by atoms with Crippen molar-refractivity contribution < 1.29 is 14.7 Å². The molecule has 122 valence electrons. The molecule has 0 aromatic rings. The monoisotopic (exact) mass is 298 g/mol. The van der Waals surface area contributed by atoms with Gasteiger partial charge in [0, 0.05) is 12.6 Å². The Bertz CT molecular complexity index is 355. The number of carboxylic acids is 1. The summed E-state index contributed by atoms with van der Waals surface area (Å²) in [6.07, 6.45) is 6.68. The lowest BCUT2D eigenvalue weighted by Gasteiger charge is -2.25. The first-order valence-corrected chi connectivity index (χ1v) is 8.11. The molecule has 21 heavy (non-hydrogen) atoms. The van der Waals surface area contributed by atoms with E-state index in [-0.39, 0.29) is 23.4 Å². The largest absolute Gasteiger partial charge is 0.481 e. The van der Waals surface area contributed by atoms with Crippen molar-refractivity contribution in [3.8, 4) is 0 Å². The number of amides is 2. The van der Waals surface area contributed by atoms with Gasteiger partial charge in [0.05, 0.1) is 5.92 Å². The van der Waals surface area contributed by atoms with Crippen molar-refractivity contribution in [1.29, 1.82) is 0 Å². The fourth-order valence-corrected chi connectivity index (χ4v) is 2.83. The van der Waals surface area contributed by atoms with Gasteiger partial charge in [-0.05, 0) is 31.1 Å². The van der Waals surface area contributed by atoms with Crippen molar-refractivity contribution in [2.45, 2.75) is 71.8 Å². The third kappa shape index (κ3) is 6.82. The second-order valence-corrected chi connectivity index (χ2v) is 6.99. The van der Waals surface area contributed by atoms with E-state index in [1.165, 1.54) is 19.3 Å². The van der Waals surface area contributed by atoms with Crippen molar-refractivity contribution in [1.82, 2.24) is 10.6 Å². The molecule has 5 nitrogen and oxygen atoms in total. The van der Waals surface area contributed by atoms with Crippen molar-refractivity contribution >= 4 is 12.0 Å². The Morgan fingerprint density at radius 2 is 1.95 bits per heavy atom. The number of hydrogen-bond donors (Lipinski definition) is 3. The number of carbonyl (C=O) groups excluding carboxylic acids is 1. The lowest BCUT2D eigenvalue weighted by atomic mass is 9.87. The van der Waals surface area contributed by atoms with Gasteiger partial charge < -0.3 is 15.7 Å². The molecule has 0 saturated heterocycles. The molecule has 1 fully saturated rings. The second kappa shape index (κ2) is 8.25. The van der Waals surface area contributed by atoms with Gasteiger partial charge >= 0.3 is 12.0 Å². The lowest BCUT2D eigenvalue weighted by Crippen LogP contribution is -2.44. The molecule has 0 unspecified atom stereocenters. The maximum Gasteiger partial charge on any atom is 0.315 e. The maximum absolute atomic E-state index is 11.9. The van der Waals surface area contributed by atoms with E-state index in [0.717, 1.165) is 12.8 Å². The van der Waals surface area contributed by atoms with Crippen molar-refractivity contribution in [2.75, 3.05) is 6.54 Å². The van der Waals surface area contributed by atoms with E-state index >= 15 is 0 Å². The van der Waals surface area contributed by atoms with Crippen LogP contribution >= 0.6 is 0 Å². The predicted octanol–water partition coefficient (Wildman–Crippen LogP) is 3.15. The zero-order chi connectivity index (χ0) is 15.9. The topological polar surface area (TPSA) is 78.4 Å². The highest BCUT2D eigenvalue weighted by atomic mass is 16.4. The quantitative estimate of drug-likeness (QED) is 0.602. The molecule has 3 N–H and O–H groups in total. The maximum atomic E-state index is 11.9. The van der Waals surface area contributed by atoms with Crippen LogP contribution in [-0.2, 0) is 4.79 Å². The zero-order valence-electron chi connectivity index (χ0n) is 13.6. The molecule has 0 spiro atoms. The highest BCUT2D eigenvalue weighted by Gasteiger charge is 2.30. The average molecular weight is 298 g/mol. The third-order valence-electron chi connectivity index (χ3n) is 4.30. The van der Waals surface area contributed by atoms with Gasteiger partial charge in [0.2, 0.25) is 0 Å². The highest BCUT2D eigenvalue weighted by molar-refractivity contribution is 5.75. The Hall–Kier alpha value is -1.26. The van der Waals surface area contributed by atoms with E-state index in [9.17, 15) is 9.59 Å². The van der Waals surface area contributed by atoms with Crippen molar-refractivity contribution in [3.05, 3.63) is 0 Å². The number of urea groups is 1. The summed E-state index contributed by atoms with van der Waals surface area (Å²) in [4.78, 5) is 22.8. The van der Waals surface area contributed by atoms with Crippen molar-refractivity contribution in [3.63, 3.8) is 0 Å². The first-order chi connectivity index (χ1) is 9.84. The summed E-state index contributed by atoms with van der Waals surface area (Å²) in [6, 6.07) is -0.177. The van der Waals surface area contributed by atoms with Crippen LogP contribution in [0.2, 0.25) is 0 Å². The van der Waals surface area contributed by atoms with Gasteiger partial charge in [-0.3, -0.25) is 4.79 Å². The Balaban J connectivity index is 2.23. The Morgan fingerprint density at radius 1 is 1.24 bits per heavy atom. The number of aliphatic carboxylic acids is 1. The van der Waals surface area contributed by atoms with E-state index in [2.05, 4.69) is 31.4 Å². The SMILES string of the molecule is CCCCCC(C)(C)CNC(=O)N[C@H]1CC[C@@H](C(=O)O)C1. The second-order valence-electron chi connectivity index (χ2n) is 6.99. The molecule has 0 aliphatic heterocycles. The number of carboxylic acid groups (broad SMARTS) is 1. The molecule has 0 aromatic carbocycles. The molecule has 1 saturated carbocycles. The van der Waals surface area contributed by atoms with Crippen LogP contribution in [0.25, 0.3) is 0 Å². The third-order valence-corrected chi connectivity index (χ3v) is 4.30. The summed E-state index contributed by atoms with van der Waals surface area (Å²) in [5, 5.41) is 14.8. The van der Waals surface area contributed by atoms with Gasteiger partial charge in [-0.2, -0.15) is 0 Å². The summed E-state index contributed by atoms with van der Waals surface area (Å²) in [5.74, 6) is -1.06. The molecule has 5 heteroatoms. The fourth-order valence-electron chi connectivity index (χ4n) is 2.83. The minimum absolute atomic E-state index is 0.00527. The van der Waals surface area contributed by atoms with E-state index in [1.54, 1.807) is 0 Å². The van der Waals surface area contributed by atoms with Crippen LogP contribution < -0.4 is 10.6 Å². The molecular weight excluding hydrogens is 268 g/mol. The van der Waals surface area contributed by atoms with E-state index in [4.69, 9.17) is 5.11 Å². The lowest BCUT2D eigenvalue weighted by molar-refractivity contribution is -0.141. The molecule has 0 radical (unpaired) electrons. The molecule has 0 bridgehead atoms. The number of nitrogens with one attached hydrogen (secondary N) is 2. The first-order valence-electron chi connectivity index (χ1n) is 8.11. The fraction of sp³-hybridized carbons (Fsp3) is 0.875. The first kappa shape index (κ1) is 17.8. The van der Waals surface area contributed by atoms with Gasteiger partial charge in [-0.25, -0.2) is 4.79 Å². The van der Waals surface area contributed by atoms with Crippen LogP contribution in [0.1, 0.15) is 65.7 Å². The van der Waals surface area contributed by atoms with E-state index < -0.39 is 5.97 Å². The number of hydrogen-bond acceptors (Lipinski definition) is 2. The van der Waals surface area contributed by atoms with E-state index in [0.29, 0.717) is 19.4 Å². The van der Waals surface area contributed by atoms with Crippen LogP contribution in [0.3, 0.4) is 0 Å². The van der Waals surface area contributed by atoms with Gasteiger partial charge in [0.15, 0.2) is 0 Å². The standard InChI is InChI=1S/C16H30N2O3/c1-4-5-6-9-16(2,3)11-17-15(21)18-13-8-7-12(10-13)14(19)20/h12-13H,4-11H2,1-3H3,(H,19,20)(H2,17,18,21)/t12-,13+/m1/s1. The Labute approximate surface area is 127 Å².